The van der Waals surface area contributed by atoms with Crippen LogP contribution in [0.1, 0.15) is 30.8 Å². The van der Waals surface area contributed by atoms with E-state index in [9.17, 15) is 9.59 Å². The summed E-state index contributed by atoms with van der Waals surface area (Å²) >= 11 is 0. The minimum atomic E-state index is -0.909. The van der Waals surface area contributed by atoms with Crippen LogP contribution in [0.2, 0.25) is 0 Å². The van der Waals surface area contributed by atoms with Gasteiger partial charge in [-0.2, -0.15) is 0 Å². The van der Waals surface area contributed by atoms with E-state index in [-0.39, 0.29) is 24.8 Å². The lowest BCUT2D eigenvalue weighted by atomic mass is 10.1. The average Bonchev–Trinajstić information content (AvgIpc) is 2.49. The molecule has 0 bridgehead atoms. The van der Waals surface area contributed by atoms with Crippen molar-refractivity contribution in [3.8, 4) is 0 Å². The fourth-order valence-corrected chi connectivity index (χ4v) is 2.29. The summed E-state index contributed by atoms with van der Waals surface area (Å²) in [5.74, 6) is -0.869. The number of amides is 1. The van der Waals surface area contributed by atoms with Crippen LogP contribution in [0.4, 0.5) is 0 Å². The van der Waals surface area contributed by atoms with Crippen LogP contribution in [-0.2, 0) is 4.79 Å². The van der Waals surface area contributed by atoms with Gasteiger partial charge in [0.1, 0.15) is 5.69 Å². The zero-order valence-electron chi connectivity index (χ0n) is 12.8. The number of para-hydroxylation sites is 1. The maximum Gasteiger partial charge on any atom is 0.305 e. The van der Waals surface area contributed by atoms with Crippen molar-refractivity contribution in [2.45, 2.75) is 20.3 Å². The molecule has 116 valence electrons. The Hall–Kier alpha value is -2.43. The molecular formula is C17H20N2O3. The monoisotopic (exact) mass is 300 g/mol. The molecule has 0 saturated carbocycles. The van der Waals surface area contributed by atoms with Crippen LogP contribution in [0.25, 0.3) is 10.9 Å². The normalized spacial score (nSPS) is 10.9. The number of benzene rings is 1. The Morgan fingerprint density at radius 3 is 2.59 bits per heavy atom. The molecule has 1 heterocycles. The molecule has 1 aromatic carbocycles. The van der Waals surface area contributed by atoms with Gasteiger partial charge in [-0.25, -0.2) is 4.98 Å². The van der Waals surface area contributed by atoms with Crippen molar-refractivity contribution in [2.75, 3.05) is 13.1 Å². The van der Waals surface area contributed by atoms with Crippen LogP contribution in [0.3, 0.4) is 0 Å². The predicted octanol–water partition coefficient (Wildman–Crippen LogP) is 2.81. The van der Waals surface area contributed by atoms with Crippen molar-refractivity contribution in [3.05, 3.63) is 42.1 Å². The zero-order chi connectivity index (χ0) is 16.1. The van der Waals surface area contributed by atoms with Gasteiger partial charge in [0.2, 0.25) is 0 Å². The zero-order valence-corrected chi connectivity index (χ0v) is 12.8. The molecular weight excluding hydrogens is 280 g/mol. The van der Waals surface area contributed by atoms with Gasteiger partial charge in [-0.15, -0.1) is 0 Å². The molecule has 0 fully saturated rings. The number of carboxylic acids is 1. The molecule has 5 heteroatoms. The summed E-state index contributed by atoms with van der Waals surface area (Å²) in [6, 6.07) is 11.1. The van der Waals surface area contributed by atoms with E-state index in [1.165, 1.54) is 0 Å². The number of carbonyl (C=O) groups is 2. The maximum absolute atomic E-state index is 12.6. The molecule has 0 saturated heterocycles. The van der Waals surface area contributed by atoms with E-state index >= 15 is 0 Å². The number of hydrogen-bond donors (Lipinski definition) is 1. The molecule has 0 aliphatic rings. The highest BCUT2D eigenvalue weighted by Gasteiger charge is 2.19. The summed E-state index contributed by atoms with van der Waals surface area (Å²) < 4.78 is 0. The second kappa shape index (κ2) is 7.02. The molecule has 0 spiro atoms. The van der Waals surface area contributed by atoms with Crippen molar-refractivity contribution < 1.29 is 14.7 Å². The van der Waals surface area contributed by atoms with Crippen LogP contribution < -0.4 is 0 Å². The van der Waals surface area contributed by atoms with Gasteiger partial charge in [0.15, 0.2) is 0 Å². The van der Waals surface area contributed by atoms with E-state index in [1.807, 2.05) is 44.2 Å². The number of rotatable bonds is 6. The number of fused-ring (bicyclic) bond motifs is 1. The average molecular weight is 300 g/mol. The lowest BCUT2D eigenvalue weighted by Crippen LogP contribution is -2.36. The van der Waals surface area contributed by atoms with Gasteiger partial charge in [-0.05, 0) is 18.1 Å². The Bertz CT molecular complexity index is 682. The van der Waals surface area contributed by atoms with Crippen molar-refractivity contribution in [1.29, 1.82) is 0 Å². The quantitative estimate of drug-likeness (QED) is 0.890. The first kappa shape index (κ1) is 15.9. The van der Waals surface area contributed by atoms with Gasteiger partial charge in [0.05, 0.1) is 11.9 Å². The summed E-state index contributed by atoms with van der Waals surface area (Å²) in [5, 5.41) is 9.81. The van der Waals surface area contributed by atoms with E-state index in [0.29, 0.717) is 12.2 Å². The van der Waals surface area contributed by atoms with Gasteiger partial charge >= 0.3 is 5.97 Å². The third-order valence-corrected chi connectivity index (χ3v) is 3.29. The molecule has 1 amide bonds. The van der Waals surface area contributed by atoms with Gasteiger partial charge in [-0.3, -0.25) is 9.59 Å². The van der Waals surface area contributed by atoms with E-state index in [0.717, 1.165) is 10.9 Å². The number of pyridine rings is 1. The summed E-state index contributed by atoms with van der Waals surface area (Å²) in [5.41, 5.74) is 1.11. The Kier molecular flexibility index (Phi) is 5.09. The highest BCUT2D eigenvalue weighted by molar-refractivity contribution is 5.95. The van der Waals surface area contributed by atoms with E-state index in [4.69, 9.17) is 5.11 Å². The lowest BCUT2D eigenvalue weighted by molar-refractivity contribution is -0.137. The van der Waals surface area contributed by atoms with Crippen LogP contribution in [-0.4, -0.2) is 40.0 Å². The summed E-state index contributed by atoms with van der Waals surface area (Å²) in [6.07, 6.45) is -0.0635. The number of carboxylic acid groups (broad SMARTS) is 1. The highest BCUT2D eigenvalue weighted by atomic mass is 16.4. The largest absolute Gasteiger partial charge is 0.481 e. The first-order valence-corrected chi connectivity index (χ1v) is 7.34. The topological polar surface area (TPSA) is 70.5 Å². The molecule has 0 atom stereocenters. The molecule has 0 unspecified atom stereocenters. The standard InChI is InChI=1S/C17H20N2O3/c1-12(2)11-19(10-9-16(20)21)17(22)15-8-7-13-5-3-4-6-14(13)18-15/h3-8,12H,9-11H2,1-2H3,(H,20,21). The Balaban J connectivity index is 2.24. The minimum Gasteiger partial charge on any atom is -0.481 e. The Labute approximate surface area is 129 Å². The number of aromatic nitrogens is 1. The molecule has 1 aromatic heterocycles. The molecule has 2 aromatic rings. The fourth-order valence-electron chi connectivity index (χ4n) is 2.29. The third-order valence-electron chi connectivity index (χ3n) is 3.29. The third kappa shape index (κ3) is 4.04. The Morgan fingerprint density at radius 2 is 1.91 bits per heavy atom. The maximum atomic E-state index is 12.6. The van der Waals surface area contributed by atoms with Crippen LogP contribution in [0, 0.1) is 5.92 Å². The molecule has 2 rings (SSSR count). The summed E-state index contributed by atoms with van der Waals surface area (Å²) in [6.45, 7) is 4.70. The van der Waals surface area contributed by atoms with Crippen molar-refractivity contribution in [3.63, 3.8) is 0 Å². The van der Waals surface area contributed by atoms with Crippen molar-refractivity contribution in [1.82, 2.24) is 9.88 Å². The number of hydrogen-bond acceptors (Lipinski definition) is 3. The fraction of sp³-hybridized carbons (Fsp3) is 0.353. The first-order valence-electron chi connectivity index (χ1n) is 7.34. The molecule has 5 nitrogen and oxygen atoms in total. The van der Waals surface area contributed by atoms with Gasteiger partial charge in [-0.1, -0.05) is 38.1 Å². The van der Waals surface area contributed by atoms with E-state index < -0.39 is 5.97 Å². The summed E-state index contributed by atoms with van der Waals surface area (Å²) in [7, 11) is 0. The molecule has 0 aliphatic heterocycles. The molecule has 0 radical (unpaired) electrons. The second-order valence-electron chi connectivity index (χ2n) is 5.68. The molecule has 22 heavy (non-hydrogen) atoms. The Morgan fingerprint density at radius 1 is 1.18 bits per heavy atom. The first-order chi connectivity index (χ1) is 10.5. The highest BCUT2D eigenvalue weighted by Crippen LogP contribution is 2.14. The van der Waals surface area contributed by atoms with Gasteiger partial charge < -0.3 is 10.0 Å². The van der Waals surface area contributed by atoms with Crippen LogP contribution in [0.15, 0.2) is 36.4 Å². The van der Waals surface area contributed by atoms with Gasteiger partial charge in [0.25, 0.3) is 5.91 Å². The SMILES string of the molecule is CC(C)CN(CCC(=O)O)C(=O)c1ccc2ccccc2n1. The van der Waals surface area contributed by atoms with E-state index in [2.05, 4.69) is 4.98 Å². The smallest absolute Gasteiger partial charge is 0.305 e. The minimum absolute atomic E-state index is 0.0635. The van der Waals surface area contributed by atoms with Crippen LogP contribution >= 0.6 is 0 Å². The predicted molar refractivity (Wildman–Crippen MR) is 84.7 cm³/mol. The number of carbonyl (C=O) groups excluding carboxylic acids is 1. The van der Waals surface area contributed by atoms with Crippen LogP contribution in [0.5, 0.6) is 0 Å². The number of aliphatic carboxylic acids is 1. The number of nitrogens with zero attached hydrogens (tertiary/aromatic N) is 2. The van der Waals surface area contributed by atoms with E-state index in [1.54, 1.807) is 11.0 Å². The lowest BCUT2D eigenvalue weighted by Gasteiger charge is -2.23. The van der Waals surface area contributed by atoms with Crippen molar-refractivity contribution in [2.24, 2.45) is 5.92 Å². The van der Waals surface area contributed by atoms with Gasteiger partial charge in [0, 0.05) is 18.5 Å². The molecule has 0 aliphatic carbocycles. The molecule has 1 N–H and O–H groups in total. The summed E-state index contributed by atoms with van der Waals surface area (Å²) in [4.78, 5) is 29.3. The second-order valence-corrected chi connectivity index (χ2v) is 5.68. The van der Waals surface area contributed by atoms with Crippen molar-refractivity contribution >= 4 is 22.8 Å².